The van der Waals surface area contributed by atoms with Crippen LogP contribution in [0.2, 0.25) is 0 Å². The van der Waals surface area contributed by atoms with Crippen LogP contribution in [0.3, 0.4) is 0 Å². The summed E-state index contributed by atoms with van der Waals surface area (Å²) < 4.78 is 1.60. The van der Waals surface area contributed by atoms with Gasteiger partial charge in [0, 0.05) is 12.5 Å². The van der Waals surface area contributed by atoms with Gasteiger partial charge in [0.2, 0.25) is 0 Å². The molecule has 2 rings (SSSR count). The van der Waals surface area contributed by atoms with Gasteiger partial charge in [0.15, 0.2) is 5.82 Å². The van der Waals surface area contributed by atoms with Gasteiger partial charge >= 0.3 is 5.97 Å². The molecule has 0 aromatic carbocycles. The van der Waals surface area contributed by atoms with Crippen LogP contribution in [0, 0.1) is 0 Å². The van der Waals surface area contributed by atoms with Crippen molar-refractivity contribution in [1.82, 2.24) is 9.78 Å². The summed E-state index contributed by atoms with van der Waals surface area (Å²) in [4.78, 5) is 11.1. The number of nitrogens with two attached hydrogens (primary N) is 1. The zero-order chi connectivity index (χ0) is 11.2. The maximum Gasteiger partial charge on any atom is 0.341 e. The molecule has 1 saturated carbocycles. The topological polar surface area (TPSA) is 93.2 Å². The molecule has 1 heterocycles. The third-order valence-corrected chi connectivity index (χ3v) is 2.97. The first-order valence-electron chi connectivity index (χ1n) is 4.77. The third kappa shape index (κ3) is 1.37. The average Bonchev–Trinajstić information content (AvgIpc) is 2.78. The van der Waals surface area contributed by atoms with E-state index in [0.29, 0.717) is 0 Å². The van der Waals surface area contributed by atoms with Crippen LogP contribution in [-0.4, -0.2) is 20.9 Å². The summed E-state index contributed by atoms with van der Waals surface area (Å²) in [6.07, 6.45) is 1.99. The highest BCUT2D eigenvalue weighted by molar-refractivity contribution is 5.95. The fourth-order valence-electron chi connectivity index (χ4n) is 1.94. The Bertz CT molecular complexity index is 420. The van der Waals surface area contributed by atoms with Gasteiger partial charge in [0.25, 0.3) is 0 Å². The van der Waals surface area contributed by atoms with Crippen molar-refractivity contribution >= 4 is 11.8 Å². The molecule has 0 saturated heterocycles. The molecule has 82 valence electrons. The van der Waals surface area contributed by atoms with Crippen LogP contribution < -0.4 is 11.3 Å². The lowest BCUT2D eigenvalue weighted by atomic mass is 10.0. The van der Waals surface area contributed by atoms with E-state index >= 15 is 0 Å². The first kappa shape index (κ1) is 9.97. The zero-order valence-electron chi connectivity index (χ0n) is 8.74. The quantitative estimate of drug-likeness (QED) is 0.497. The lowest BCUT2D eigenvalue weighted by Crippen LogP contribution is -2.15. The first-order chi connectivity index (χ1) is 6.99. The number of hydrogen-bond donors (Lipinski definition) is 3. The minimum atomic E-state index is -0.987. The summed E-state index contributed by atoms with van der Waals surface area (Å²) >= 11 is 0. The van der Waals surface area contributed by atoms with Crippen molar-refractivity contribution in [2.45, 2.75) is 25.2 Å². The third-order valence-electron chi connectivity index (χ3n) is 2.97. The van der Waals surface area contributed by atoms with Crippen molar-refractivity contribution in [1.29, 1.82) is 0 Å². The molecule has 0 radical (unpaired) electrons. The van der Waals surface area contributed by atoms with Gasteiger partial charge in [0.05, 0.1) is 5.69 Å². The molecule has 0 aliphatic heterocycles. The monoisotopic (exact) mass is 210 g/mol. The molecule has 0 amide bonds. The van der Waals surface area contributed by atoms with Crippen LogP contribution in [0.25, 0.3) is 0 Å². The lowest BCUT2D eigenvalue weighted by Gasteiger charge is -2.09. The highest BCUT2D eigenvalue weighted by Gasteiger charge is 2.45. The van der Waals surface area contributed by atoms with Crippen LogP contribution in [0.4, 0.5) is 5.82 Å². The molecule has 1 aromatic heterocycles. The van der Waals surface area contributed by atoms with E-state index in [1.165, 1.54) is 0 Å². The van der Waals surface area contributed by atoms with Crippen LogP contribution in [-0.2, 0) is 12.5 Å². The van der Waals surface area contributed by atoms with Crippen molar-refractivity contribution in [3.05, 3.63) is 11.3 Å². The minimum absolute atomic E-state index is 0.0510. The second-order valence-corrected chi connectivity index (χ2v) is 4.21. The number of rotatable bonds is 3. The summed E-state index contributed by atoms with van der Waals surface area (Å²) in [5.74, 6) is 4.49. The minimum Gasteiger partial charge on any atom is -0.477 e. The standard InChI is InChI=1S/C9H14N4O2/c1-9(3-4-9)6-5(8(14)15)7(11-10)12-13(6)2/h3-4,10H2,1-2H3,(H,11,12)(H,14,15). The molecule has 4 N–H and O–H groups in total. The van der Waals surface area contributed by atoms with Gasteiger partial charge < -0.3 is 10.5 Å². The summed E-state index contributed by atoms with van der Waals surface area (Å²) in [6, 6.07) is 0. The van der Waals surface area contributed by atoms with Crippen molar-refractivity contribution in [2.75, 3.05) is 5.43 Å². The number of carboxylic acids is 1. The Labute approximate surface area is 87.0 Å². The molecule has 0 atom stereocenters. The van der Waals surface area contributed by atoms with Crippen molar-refractivity contribution in [2.24, 2.45) is 12.9 Å². The number of anilines is 1. The highest BCUT2D eigenvalue weighted by Crippen LogP contribution is 2.49. The van der Waals surface area contributed by atoms with Gasteiger partial charge in [-0.05, 0) is 12.8 Å². The van der Waals surface area contributed by atoms with E-state index in [9.17, 15) is 4.79 Å². The van der Waals surface area contributed by atoms with Gasteiger partial charge in [-0.3, -0.25) is 4.68 Å². The van der Waals surface area contributed by atoms with Gasteiger partial charge in [-0.1, -0.05) is 6.92 Å². The van der Waals surface area contributed by atoms with Crippen molar-refractivity contribution < 1.29 is 9.90 Å². The van der Waals surface area contributed by atoms with Crippen LogP contribution in [0.5, 0.6) is 0 Å². The summed E-state index contributed by atoms with van der Waals surface area (Å²) in [7, 11) is 1.74. The fraction of sp³-hybridized carbons (Fsp3) is 0.556. The number of carbonyl (C=O) groups is 1. The molecule has 15 heavy (non-hydrogen) atoms. The number of hydrogen-bond acceptors (Lipinski definition) is 4. The molecular formula is C9H14N4O2. The Morgan fingerprint density at radius 2 is 2.27 bits per heavy atom. The number of carboxylic acid groups (broad SMARTS) is 1. The molecule has 0 spiro atoms. The molecule has 6 heteroatoms. The van der Waals surface area contributed by atoms with Crippen LogP contribution >= 0.6 is 0 Å². The molecule has 1 aliphatic carbocycles. The maximum absolute atomic E-state index is 11.1. The number of aryl methyl sites for hydroxylation is 1. The number of aromatic nitrogens is 2. The van der Waals surface area contributed by atoms with E-state index in [4.69, 9.17) is 10.9 Å². The summed E-state index contributed by atoms with van der Waals surface area (Å²) in [6.45, 7) is 2.04. The van der Waals surface area contributed by atoms with Crippen molar-refractivity contribution in [3.63, 3.8) is 0 Å². The molecule has 6 nitrogen and oxygen atoms in total. The van der Waals surface area contributed by atoms with E-state index in [1.54, 1.807) is 11.7 Å². The Kier molecular flexibility index (Phi) is 1.97. The number of nitrogens with zero attached hydrogens (tertiary/aromatic N) is 2. The smallest absolute Gasteiger partial charge is 0.341 e. The average molecular weight is 210 g/mol. The van der Waals surface area contributed by atoms with Gasteiger partial charge in [-0.2, -0.15) is 5.10 Å². The van der Waals surface area contributed by atoms with E-state index in [1.807, 2.05) is 6.92 Å². The molecule has 1 aromatic rings. The number of nitrogens with one attached hydrogen (secondary N) is 1. The van der Waals surface area contributed by atoms with Gasteiger partial charge in [-0.25, -0.2) is 10.6 Å². The van der Waals surface area contributed by atoms with Crippen LogP contribution in [0.15, 0.2) is 0 Å². The normalized spacial score (nSPS) is 17.5. The van der Waals surface area contributed by atoms with Crippen LogP contribution in [0.1, 0.15) is 35.8 Å². The predicted octanol–water partition coefficient (Wildman–Crippen LogP) is 0.455. The lowest BCUT2D eigenvalue weighted by molar-refractivity contribution is 0.0695. The van der Waals surface area contributed by atoms with E-state index in [0.717, 1.165) is 18.5 Å². The molecular weight excluding hydrogens is 196 g/mol. The van der Waals surface area contributed by atoms with E-state index in [-0.39, 0.29) is 16.8 Å². The van der Waals surface area contributed by atoms with Crippen molar-refractivity contribution in [3.8, 4) is 0 Å². The molecule has 1 aliphatic rings. The second-order valence-electron chi connectivity index (χ2n) is 4.21. The molecule has 1 fully saturated rings. The number of hydrazine groups is 1. The number of aromatic carboxylic acids is 1. The Balaban J connectivity index is 2.61. The SMILES string of the molecule is Cn1nc(NN)c(C(=O)O)c1C1(C)CC1. The first-order valence-corrected chi connectivity index (χ1v) is 4.77. The maximum atomic E-state index is 11.1. The predicted molar refractivity (Wildman–Crippen MR) is 54.6 cm³/mol. The van der Waals surface area contributed by atoms with Gasteiger partial charge in [-0.15, -0.1) is 0 Å². The fourth-order valence-corrected chi connectivity index (χ4v) is 1.94. The zero-order valence-corrected chi connectivity index (χ0v) is 8.74. The van der Waals surface area contributed by atoms with Gasteiger partial charge in [0.1, 0.15) is 5.56 Å². The highest BCUT2D eigenvalue weighted by atomic mass is 16.4. The molecule has 0 unspecified atom stereocenters. The largest absolute Gasteiger partial charge is 0.477 e. The summed E-state index contributed by atoms with van der Waals surface area (Å²) in [5.41, 5.74) is 3.22. The Hall–Kier alpha value is -1.56. The number of nitrogen functional groups attached to an aromatic ring is 1. The van der Waals surface area contributed by atoms with E-state index in [2.05, 4.69) is 10.5 Å². The molecule has 0 bridgehead atoms. The van der Waals surface area contributed by atoms with E-state index < -0.39 is 5.97 Å². The Morgan fingerprint density at radius 3 is 2.67 bits per heavy atom. The Morgan fingerprint density at radius 1 is 1.67 bits per heavy atom. The second kappa shape index (κ2) is 2.96. The summed E-state index contributed by atoms with van der Waals surface area (Å²) in [5, 5.41) is 13.2.